The SMILES string of the molecule is [2H]c1cccc2c(-c3ccc4c5c(cccc35)Oc3ccccc3-4)c3c([2H])cccc3c(-c3ccc4ccccc4c3)c12. The topological polar surface area (TPSA) is 9.23 Å². The average Bonchev–Trinajstić information content (AvgIpc) is 3.04. The van der Waals surface area contributed by atoms with Gasteiger partial charge in [-0.25, -0.2) is 0 Å². The highest BCUT2D eigenvalue weighted by molar-refractivity contribution is 6.25. The summed E-state index contributed by atoms with van der Waals surface area (Å²) in [4.78, 5) is 0. The van der Waals surface area contributed by atoms with Crippen molar-refractivity contribution >= 4 is 43.1 Å². The second-order valence-electron chi connectivity index (χ2n) is 10.7. The van der Waals surface area contributed by atoms with Gasteiger partial charge in [0.05, 0.1) is 2.74 Å². The van der Waals surface area contributed by atoms with Crippen LogP contribution in [0.2, 0.25) is 0 Å². The van der Waals surface area contributed by atoms with Gasteiger partial charge in [-0.3, -0.25) is 0 Å². The first-order valence-corrected chi connectivity index (χ1v) is 13.9. The smallest absolute Gasteiger partial charge is 0.135 e. The summed E-state index contributed by atoms with van der Waals surface area (Å²) in [5, 5.41) is 8.21. The lowest BCUT2D eigenvalue weighted by Crippen LogP contribution is -1.98. The molecule has 0 aliphatic carbocycles. The van der Waals surface area contributed by atoms with E-state index in [-0.39, 0.29) is 0 Å². The van der Waals surface area contributed by atoms with Gasteiger partial charge in [-0.15, -0.1) is 0 Å². The molecule has 9 rings (SSSR count). The zero-order valence-electron chi connectivity index (χ0n) is 24.1. The van der Waals surface area contributed by atoms with Crippen molar-refractivity contribution < 1.29 is 7.48 Å². The van der Waals surface area contributed by atoms with Crippen LogP contribution in [0.25, 0.3) is 76.5 Å². The van der Waals surface area contributed by atoms with E-state index in [9.17, 15) is 2.74 Å². The van der Waals surface area contributed by atoms with Crippen molar-refractivity contribution in [1.29, 1.82) is 0 Å². The van der Waals surface area contributed by atoms with Crippen LogP contribution in [0.1, 0.15) is 2.74 Å². The molecule has 0 radical (unpaired) electrons. The molecular formula is C40H24O. The first kappa shape index (κ1) is 20.5. The predicted molar refractivity (Wildman–Crippen MR) is 173 cm³/mol. The number of para-hydroxylation sites is 1. The molecule has 1 heterocycles. The maximum absolute atomic E-state index is 9.24. The molecule has 1 aliphatic rings. The van der Waals surface area contributed by atoms with Gasteiger partial charge in [0.1, 0.15) is 11.5 Å². The zero-order chi connectivity index (χ0) is 28.7. The van der Waals surface area contributed by atoms with Gasteiger partial charge in [0.15, 0.2) is 0 Å². The lowest BCUT2D eigenvalue weighted by atomic mass is 9.83. The van der Waals surface area contributed by atoms with Crippen LogP contribution in [-0.4, -0.2) is 0 Å². The lowest BCUT2D eigenvalue weighted by Gasteiger charge is -2.24. The van der Waals surface area contributed by atoms with E-state index in [0.717, 1.165) is 82.6 Å². The third kappa shape index (κ3) is 3.24. The molecule has 0 amide bonds. The average molecular weight is 523 g/mol. The van der Waals surface area contributed by atoms with Gasteiger partial charge in [-0.1, -0.05) is 127 Å². The first-order valence-electron chi connectivity index (χ1n) is 14.9. The molecule has 41 heavy (non-hydrogen) atoms. The Labute approximate surface area is 240 Å². The molecule has 1 nitrogen and oxygen atoms in total. The molecule has 0 saturated carbocycles. The Kier molecular flexibility index (Phi) is 4.27. The van der Waals surface area contributed by atoms with Crippen molar-refractivity contribution in [3.63, 3.8) is 0 Å². The number of hydrogen-bond donors (Lipinski definition) is 0. The minimum absolute atomic E-state index is 0.467. The molecule has 1 aliphatic heterocycles. The highest BCUT2D eigenvalue weighted by atomic mass is 16.5. The van der Waals surface area contributed by atoms with Gasteiger partial charge in [0, 0.05) is 10.9 Å². The van der Waals surface area contributed by atoms with E-state index in [1.165, 1.54) is 5.39 Å². The molecule has 0 saturated heterocycles. The summed E-state index contributed by atoms with van der Waals surface area (Å²) >= 11 is 0. The standard InChI is InChI=1S/C40H24O/c1-2-11-26-24-27(21-20-25(26)10-1)38-29-13-3-5-15-31(29)39(32-16-6-4-14-30(32)38)35-23-22-34-28-12-7-8-18-36(28)41-37-19-9-17-33(35)40(34)37/h1-24H/i13D,16D. The maximum Gasteiger partial charge on any atom is 0.135 e. The lowest BCUT2D eigenvalue weighted by molar-refractivity contribution is 0.487. The van der Waals surface area contributed by atoms with Gasteiger partial charge >= 0.3 is 0 Å². The Balaban J connectivity index is 1.44. The van der Waals surface area contributed by atoms with Gasteiger partial charge in [-0.2, -0.15) is 0 Å². The van der Waals surface area contributed by atoms with Crippen molar-refractivity contribution in [2.45, 2.75) is 0 Å². The van der Waals surface area contributed by atoms with E-state index < -0.39 is 0 Å². The number of rotatable bonds is 2. The van der Waals surface area contributed by atoms with E-state index in [1.54, 1.807) is 0 Å². The minimum Gasteiger partial charge on any atom is -0.456 e. The zero-order valence-corrected chi connectivity index (χ0v) is 22.1. The Morgan fingerprint density at radius 1 is 0.415 bits per heavy atom. The molecule has 0 spiro atoms. The summed E-state index contributed by atoms with van der Waals surface area (Å²) < 4.78 is 24.8. The van der Waals surface area contributed by atoms with Crippen molar-refractivity contribution in [2.75, 3.05) is 0 Å². The monoisotopic (exact) mass is 522 g/mol. The normalized spacial score (nSPS) is 12.8. The summed E-state index contributed by atoms with van der Waals surface area (Å²) in [6.45, 7) is 0. The van der Waals surface area contributed by atoms with Crippen LogP contribution < -0.4 is 4.74 Å². The molecule has 0 fully saturated rings. The van der Waals surface area contributed by atoms with E-state index >= 15 is 0 Å². The largest absolute Gasteiger partial charge is 0.456 e. The van der Waals surface area contributed by atoms with Crippen molar-refractivity contribution in [3.05, 3.63) is 146 Å². The Hall–Kier alpha value is -5.40. The molecule has 8 aromatic carbocycles. The quantitative estimate of drug-likeness (QED) is 0.205. The fourth-order valence-corrected chi connectivity index (χ4v) is 6.70. The first-order chi connectivity index (χ1) is 21.2. The minimum atomic E-state index is 0.467. The van der Waals surface area contributed by atoms with Crippen LogP contribution in [0.5, 0.6) is 11.5 Å². The molecule has 1 heteroatoms. The molecule has 0 bridgehead atoms. The third-order valence-corrected chi connectivity index (χ3v) is 8.46. The van der Waals surface area contributed by atoms with Crippen LogP contribution in [0.15, 0.2) is 146 Å². The molecule has 0 unspecified atom stereocenters. The van der Waals surface area contributed by atoms with Crippen LogP contribution in [0.4, 0.5) is 0 Å². The summed E-state index contributed by atoms with van der Waals surface area (Å²) in [6.07, 6.45) is 0. The van der Waals surface area contributed by atoms with E-state index in [0.29, 0.717) is 12.1 Å². The molecule has 0 N–H and O–H groups in total. The van der Waals surface area contributed by atoms with E-state index in [1.807, 2.05) is 54.6 Å². The van der Waals surface area contributed by atoms with Crippen molar-refractivity contribution in [1.82, 2.24) is 0 Å². The fraction of sp³-hybridized carbons (Fsp3) is 0. The number of benzene rings is 8. The predicted octanol–water partition coefficient (Wildman–Crippen LogP) is 11.4. The summed E-state index contributed by atoms with van der Waals surface area (Å²) in [5.41, 5.74) is 6.29. The summed E-state index contributed by atoms with van der Waals surface area (Å²) in [5.74, 6) is 1.69. The Morgan fingerprint density at radius 3 is 1.95 bits per heavy atom. The number of ether oxygens (including phenoxy) is 1. The van der Waals surface area contributed by atoms with Gasteiger partial charge < -0.3 is 4.74 Å². The molecule has 190 valence electrons. The summed E-state index contributed by atoms with van der Waals surface area (Å²) in [7, 11) is 0. The number of fused-ring (bicyclic) bond motifs is 5. The Morgan fingerprint density at radius 2 is 1.07 bits per heavy atom. The maximum atomic E-state index is 9.24. The van der Waals surface area contributed by atoms with E-state index in [2.05, 4.69) is 78.9 Å². The Bertz CT molecular complexity index is 2460. The fourth-order valence-electron chi connectivity index (χ4n) is 6.70. The van der Waals surface area contributed by atoms with E-state index in [4.69, 9.17) is 4.74 Å². The van der Waals surface area contributed by atoms with Crippen molar-refractivity contribution in [3.8, 4) is 44.9 Å². The molecule has 8 aromatic rings. The van der Waals surface area contributed by atoms with Crippen LogP contribution in [-0.2, 0) is 0 Å². The van der Waals surface area contributed by atoms with Gasteiger partial charge in [-0.05, 0) is 83.7 Å². The second-order valence-corrected chi connectivity index (χ2v) is 10.7. The van der Waals surface area contributed by atoms with Gasteiger partial charge in [0.2, 0.25) is 0 Å². The van der Waals surface area contributed by atoms with Crippen LogP contribution in [0.3, 0.4) is 0 Å². The molecule has 0 aromatic heterocycles. The van der Waals surface area contributed by atoms with Gasteiger partial charge in [0.25, 0.3) is 0 Å². The molecular weight excluding hydrogens is 496 g/mol. The summed E-state index contributed by atoms with van der Waals surface area (Å²) in [6, 6.07) is 46.5. The molecule has 0 atom stereocenters. The van der Waals surface area contributed by atoms with Crippen LogP contribution in [0, 0.1) is 0 Å². The highest BCUT2D eigenvalue weighted by Crippen LogP contribution is 2.51. The third-order valence-electron chi connectivity index (χ3n) is 8.46. The van der Waals surface area contributed by atoms with Crippen molar-refractivity contribution in [2.24, 2.45) is 0 Å². The highest BCUT2D eigenvalue weighted by Gasteiger charge is 2.23. The second kappa shape index (κ2) is 8.55. The number of hydrogen-bond acceptors (Lipinski definition) is 1. The van der Waals surface area contributed by atoms with Crippen LogP contribution >= 0.6 is 0 Å².